The molecule has 2 N–H and O–H groups in total. The third kappa shape index (κ3) is 5.61. The van der Waals surface area contributed by atoms with Gasteiger partial charge in [0.2, 0.25) is 5.91 Å². The molecule has 0 bridgehead atoms. The van der Waals surface area contributed by atoms with E-state index in [1.54, 1.807) is 35.8 Å². The predicted octanol–water partition coefficient (Wildman–Crippen LogP) is 2.26. The van der Waals surface area contributed by atoms with Gasteiger partial charge in [0.15, 0.2) is 0 Å². The summed E-state index contributed by atoms with van der Waals surface area (Å²) < 4.78 is 5.55. The van der Waals surface area contributed by atoms with E-state index in [1.165, 1.54) is 0 Å². The van der Waals surface area contributed by atoms with Crippen LogP contribution in [0.5, 0.6) is 5.75 Å². The van der Waals surface area contributed by atoms with Crippen LogP contribution in [0.1, 0.15) is 6.42 Å². The quantitative estimate of drug-likeness (QED) is 0.799. The van der Waals surface area contributed by atoms with Crippen molar-refractivity contribution in [2.45, 2.75) is 12.5 Å². The molecule has 0 aromatic heterocycles. The first-order chi connectivity index (χ1) is 9.56. The van der Waals surface area contributed by atoms with Crippen molar-refractivity contribution < 1.29 is 9.53 Å². The number of rotatable bonds is 8. The molecule has 0 aliphatic heterocycles. The van der Waals surface area contributed by atoms with Crippen LogP contribution in [0.2, 0.25) is 5.02 Å². The fraction of sp³-hybridized carbons (Fsp3) is 0.500. The summed E-state index contributed by atoms with van der Waals surface area (Å²) in [6.07, 6.45) is 2.69. The largest absolute Gasteiger partial charge is 0.490 e. The lowest BCUT2D eigenvalue weighted by Gasteiger charge is -2.21. The fourth-order valence-corrected chi connectivity index (χ4v) is 2.30. The van der Waals surface area contributed by atoms with E-state index in [1.807, 2.05) is 18.4 Å². The van der Waals surface area contributed by atoms with Crippen LogP contribution in [0.25, 0.3) is 0 Å². The molecular weight excluding hydrogens is 296 g/mol. The number of hydrogen-bond acceptors (Lipinski definition) is 4. The molecule has 1 rings (SSSR count). The van der Waals surface area contributed by atoms with Crippen LogP contribution in [-0.2, 0) is 4.79 Å². The van der Waals surface area contributed by atoms with E-state index in [-0.39, 0.29) is 5.91 Å². The topological polar surface area (TPSA) is 55.6 Å². The fourth-order valence-electron chi connectivity index (χ4n) is 1.62. The van der Waals surface area contributed by atoms with E-state index < -0.39 is 6.04 Å². The molecule has 0 aliphatic rings. The van der Waals surface area contributed by atoms with Crippen molar-refractivity contribution in [3.05, 3.63) is 29.3 Å². The number of ether oxygens (including phenoxy) is 1. The van der Waals surface area contributed by atoms with Crippen molar-refractivity contribution in [3.8, 4) is 5.75 Å². The molecule has 0 spiro atoms. The third-order valence-corrected chi connectivity index (χ3v) is 3.80. The molecule has 0 fully saturated rings. The van der Waals surface area contributed by atoms with Gasteiger partial charge in [-0.3, -0.25) is 4.79 Å². The first-order valence-electron chi connectivity index (χ1n) is 6.43. The van der Waals surface area contributed by atoms with Crippen LogP contribution in [0.15, 0.2) is 24.3 Å². The van der Waals surface area contributed by atoms with Gasteiger partial charge in [0.1, 0.15) is 12.4 Å². The summed E-state index contributed by atoms with van der Waals surface area (Å²) in [5.41, 5.74) is 5.84. The van der Waals surface area contributed by atoms with Crippen LogP contribution >= 0.6 is 23.4 Å². The van der Waals surface area contributed by atoms with Gasteiger partial charge >= 0.3 is 0 Å². The minimum absolute atomic E-state index is 0.0539. The van der Waals surface area contributed by atoms with Gasteiger partial charge in [-0.2, -0.15) is 11.8 Å². The highest BCUT2D eigenvalue weighted by Crippen LogP contribution is 2.22. The maximum absolute atomic E-state index is 12.0. The number of nitrogens with zero attached hydrogens (tertiary/aromatic N) is 1. The number of likely N-dealkylation sites (N-methyl/N-ethyl adjacent to an activating group) is 1. The van der Waals surface area contributed by atoms with Crippen LogP contribution in [0.4, 0.5) is 0 Å². The van der Waals surface area contributed by atoms with E-state index in [9.17, 15) is 4.79 Å². The zero-order valence-corrected chi connectivity index (χ0v) is 13.4. The van der Waals surface area contributed by atoms with Gasteiger partial charge in [-0.05, 0) is 30.6 Å². The van der Waals surface area contributed by atoms with Crippen molar-refractivity contribution in [1.82, 2.24) is 4.90 Å². The summed E-state index contributed by atoms with van der Waals surface area (Å²) in [4.78, 5) is 13.6. The van der Waals surface area contributed by atoms with Crippen molar-refractivity contribution in [2.75, 3.05) is 32.2 Å². The number of hydrogen-bond donors (Lipinski definition) is 1. The normalized spacial score (nSPS) is 12.0. The number of para-hydroxylation sites is 1. The monoisotopic (exact) mass is 316 g/mol. The summed E-state index contributed by atoms with van der Waals surface area (Å²) in [6, 6.07) is 6.83. The van der Waals surface area contributed by atoms with Crippen molar-refractivity contribution >= 4 is 29.3 Å². The van der Waals surface area contributed by atoms with E-state index >= 15 is 0 Å². The first-order valence-corrected chi connectivity index (χ1v) is 8.20. The minimum atomic E-state index is -0.437. The summed E-state index contributed by atoms with van der Waals surface area (Å²) in [5.74, 6) is 1.46. The Kier molecular flexibility index (Phi) is 7.80. The molecule has 1 aromatic rings. The highest BCUT2D eigenvalue weighted by Gasteiger charge is 2.17. The smallest absolute Gasteiger partial charge is 0.239 e. The van der Waals surface area contributed by atoms with Crippen LogP contribution in [-0.4, -0.2) is 49.1 Å². The van der Waals surface area contributed by atoms with Gasteiger partial charge in [0, 0.05) is 7.05 Å². The second kappa shape index (κ2) is 9.10. The Morgan fingerprint density at radius 1 is 1.50 bits per heavy atom. The minimum Gasteiger partial charge on any atom is -0.490 e. The maximum Gasteiger partial charge on any atom is 0.239 e. The van der Waals surface area contributed by atoms with Crippen LogP contribution < -0.4 is 10.5 Å². The molecule has 0 aliphatic carbocycles. The van der Waals surface area contributed by atoms with Gasteiger partial charge in [-0.25, -0.2) is 0 Å². The van der Waals surface area contributed by atoms with E-state index in [0.29, 0.717) is 30.3 Å². The number of halogens is 1. The standard InChI is InChI=1S/C14H21ClN2O2S/c1-17(14(18)12(16)7-10-20-2)8-9-19-13-6-4-3-5-11(13)15/h3-6,12H,7-10,16H2,1-2H3/t12-/m1/s1. The summed E-state index contributed by atoms with van der Waals surface area (Å²) >= 11 is 7.67. The predicted molar refractivity (Wildman–Crippen MR) is 85.6 cm³/mol. The van der Waals surface area contributed by atoms with Gasteiger partial charge in [0.25, 0.3) is 0 Å². The van der Waals surface area contributed by atoms with Crippen molar-refractivity contribution in [2.24, 2.45) is 5.73 Å². The van der Waals surface area contributed by atoms with Gasteiger partial charge in [-0.1, -0.05) is 23.7 Å². The average Bonchev–Trinajstić information content (AvgIpc) is 2.45. The Morgan fingerprint density at radius 2 is 2.20 bits per heavy atom. The van der Waals surface area contributed by atoms with E-state index in [0.717, 1.165) is 5.75 Å². The molecule has 20 heavy (non-hydrogen) atoms. The van der Waals surface area contributed by atoms with Crippen molar-refractivity contribution in [3.63, 3.8) is 0 Å². The average molecular weight is 317 g/mol. The highest BCUT2D eigenvalue weighted by molar-refractivity contribution is 7.98. The van der Waals surface area contributed by atoms with Gasteiger partial charge in [-0.15, -0.1) is 0 Å². The third-order valence-electron chi connectivity index (χ3n) is 2.85. The number of benzene rings is 1. The van der Waals surface area contributed by atoms with E-state index in [2.05, 4.69) is 0 Å². The van der Waals surface area contributed by atoms with Crippen LogP contribution in [0.3, 0.4) is 0 Å². The molecule has 1 atom stereocenters. The lowest BCUT2D eigenvalue weighted by atomic mass is 10.2. The highest BCUT2D eigenvalue weighted by atomic mass is 35.5. The molecular formula is C14H21ClN2O2S. The molecule has 0 radical (unpaired) electrons. The molecule has 0 heterocycles. The Morgan fingerprint density at radius 3 is 2.85 bits per heavy atom. The number of carbonyl (C=O) groups is 1. The molecule has 4 nitrogen and oxygen atoms in total. The first kappa shape index (κ1) is 17.1. The van der Waals surface area contributed by atoms with Gasteiger partial charge < -0.3 is 15.4 Å². The Bertz CT molecular complexity index is 431. The molecule has 0 saturated carbocycles. The zero-order chi connectivity index (χ0) is 15.0. The summed E-state index contributed by atoms with van der Waals surface area (Å²) in [5, 5.41) is 0.568. The second-order valence-corrected chi connectivity index (χ2v) is 5.82. The molecule has 1 amide bonds. The number of amides is 1. The molecule has 112 valence electrons. The molecule has 1 aromatic carbocycles. The second-order valence-electron chi connectivity index (χ2n) is 4.43. The summed E-state index contributed by atoms with van der Waals surface area (Å²) in [7, 11) is 1.73. The molecule has 6 heteroatoms. The Labute approximate surface area is 129 Å². The molecule has 0 unspecified atom stereocenters. The number of thioether (sulfide) groups is 1. The SMILES string of the molecule is CSCC[C@@H](N)C(=O)N(C)CCOc1ccccc1Cl. The lowest BCUT2D eigenvalue weighted by Crippen LogP contribution is -2.43. The Balaban J connectivity index is 2.34. The number of nitrogens with two attached hydrogens (primary N) is 1. The van der Waals surface area contributed by atoms with Gasteiger partial charge in [0.05, 0.1) is 17.6 Å². The summed E-state index contributed by atoms with van der Waals surface area (Å²) in [6.45, 7) is 0.873. The van der Waals surface area contributed by atoms with Crippen molar-refractivity contribution in [1.29, 1.82) is 0 Å². The number of carbonyl (C=O) groups excluding carboxylic acids is 1. The van der Waals surface area contributed by atoms with E-state index in [4.69, 9.17) is 22.1 Å². The molecule has 0 saturated heterocycles. The van der Waals surface area contributed by atoms with Crippen LogP contribution in [0, 0.1) is 0 Å². The Hall–Kier alpha value is -0.910. The lowest BCUT2D eigenvalue weighted by molar-refractivity contribution is -0.131. The zero-order valence-electron chi connectivity index (χ0n) is 11.8. The maximum atomic E-state index is 12.0.